The molecule has 116 valence electrons. The highest BCUT2D eigenvalue weighted by Crippen LogP contribution is 2.37. The molecule has 0 heterocycles. The number of rotatable bonds is 2. The van der Waals surface area contributed by atoms with Crippen LogP contribution in [0.3, 0.4) is 0 Å². The predicted molar refractivity (Wildman–Crippen MR) is 78.4 cm³/mol. The van der Waals surface area contributed by atoms with Crippen molar-refractivity contribution in [2.45, 2.75) is 37.9 Å². The second kappa shape index (κ2) is 6.57. The summed E-state index contributed by atoms with van der Waals surface area (Å²) in [6, 6.07) is 4.58. The Morgan fingerprint density at radius 2 is 1.86 bits per heavy atom. The molecule has 0 atom stereocenters. The van der Waals surface area contributed by atoms with Gasteiger partial charge in [-0.2, -0.15) is 13.2 Å². The summed E-state index contributed by atoms with van der Waals surface area (Å²) in [5, 5.41) is 3.29. The molecule has 0 aliphatic heterocycles. The smallest absolute Gasteiger partial charge is 0.349 e. The summed E-state index contributed by atoms with van der Waals surface area (Å²) in [5.41, 5.74) is 0.428. The molecule has 1 aromatic rings. The molecule has 0 saturated heterocycles. The summed E-state index contributed by atoms with van der Waals surface area (Å²) in [5.74, 6) is -1.54. The Morgan fingerprint density at radius 3 is 2.38 bits per heavy atom. The molecule has 2 nitrogen and oxygen atoms in total. The fourth-order valence-corrected chi connectivity index (χ4v) is 3.36. The molecule has 0 spiro atoms. The first kappa shape index (κ1) is 16.6. The van der Waals surface area contributed by atoms with Gasteiger partial charge in [-0.15, -0.1) is 0 Å². The largest absolute Gasteiger partial charge is 0.391 e. The Bertz CT molecular complexity index is 527. The number of carbonyl (C=O) groups is 1. The molecule has 0 bridgehead atoms. The van der Waals surface area contributed by atoms with Crippen molar-refractivity contribution in [2.24, 2.45) is 5.92 Å². The van der Waals surface area contributed by atoms with E-state index in [1.54, 1.807) is 18.2 Å². The van der Waals surface area contributed by atoms with Crippen molar-refractivity contribution in [1.82, 2.24) is 5.32 Å². The van der Waals surface area contributed by atoms with E-state index in [0.717, 1.165) is 0 Å². The number of halogens is 5. The molecule has 2 rings (SSSR count). The number of carbonyl (C=O) groups excluding carboxylic acids is 1. The molecule has 21 heavy (non-hydrogen) atoms. The quantitative estimate of drug-likeness (QED) is 0.768. The lowest BCUT2D eigenvalue weighted by Crippen LogP contribution is -2.40. The fraction of sp³-hybridized carbons (Fsp3) is 0.500. The van der Waals surface area contributed by atoms with Crippen LogP contribution >= 0.6 is 27.5 Å². The van der Waals surface area contributed by atoms with Crippen molar-refractivity contribution in [3.63, 3.8) is 0 Å². The zero-order valence-corrected chi connectivity index (χ0v) is 13.4. The van der Waals surface area contributed by atoms with E-state index in [-0.39, 0.29) is 24.8 Å². The SMILES string of the molecule is O=C(NC1CCC(C(F)(F)F)CC1)c1ccc(Cl)cc1Br. The molecule has 7 heteroatoms. The molecule has 1 saturated carbocycles. The van der Waals surface area contributed by atoms with E-state index in [1.165, 1.54) is 0 Å². The molecule has 0 radical (unpaired) electrons. The van der Waals surface area contributed by atoms with Crippen LogP contribution in [-0.2, 0) is 0 Å². The van der Waals surface area contributed by atoms with Gasteiger partial charge >= 0.3 is 6.18 Å². The zero-order valence-electron chi connectivity index (χ0n) is 11.0. The lowest BCUT2D eigenvalue weighted by Gasteiger charge is -2.30. The van der Waals surface area contributed by atoms with E-state index in [9.17, 15) is 18.0 Å². The lowest BCUT2D eigenvalue weighted by molar-refractivity contribution is -0.182. The molecule has 1 aromatic carbocycles. The average Bonchev–Trinajstić information content (AvgIpc) is 2.38. The zero-order chi connectivity index (χ0) is 15.6. The Hall–Kier alpha value is -0.750. The third-order valence-corrected chi connectivity index (χ3v) is 4.59. The first-order valence-electron chi connectivity index (χ1n) is 6.60. The standard InChI is InChI=1S/C14H14BrClF3NO/c15-12-7-9(16)3-6-11(12)13(21)20-10-4-1-8(2-5-10)14(17,18)19/h3,6-8,10H,1-2,4-5H2,(H,20,21). The molecular weight excluding hydrogens is 371 g/mol. The highest BCUT2D eigenvalue weighted by molar-refractivity contribution is 9.10. The first-order chi connectivity index (χ1) is 9.77. The van der Waals surface area contributed by atoms with Crippen LogP contribution in [-0.4, -0.2) is 18.1 Å². The Morgan fingerprint density at radius 1 is 1.24 bits per heavy atom. The van der Waals surface area contributed by atoms with E-state index in [4.69, 9.17) is 11.6 Å². The molecule has 1 fully saturated rings. The molecule has 1 aliphatic carbocycles. The number of amides is 1. The van der Waals surface area contributed by atoms with Gasteiger partial charge in [0.1, 0.15) is 0 Å². The molecular formula is C14H14BrClF3NO. The number of benzene rings is 1. The molecule has 0 aromatic heterocycles. The second-order valence-electron chi connectivity index (χ2n) is 5.19. The van der Waals surface area contributed by atoms with Gasteiger partial charge < -0.3 is 5.32 Å². The summed E-state index contributed by atoms with van der Waals surface area (Å²) < 4.78 is 38.3. The monoisotopic (exact) mass is 383 g/mol. The molecule has 0 unspecified atom stereocenters. The number of alkyl halides is 3. The van der Waals surface area contributed by atoms with Gasteiger partial charge in [0.15, 0.2) is 0 Å². The Balaban J connectivity index is 1.93. The highest BCUT2D eigenvalue weighted by atomic mass is 79.9. The molecule has 1 N–H and O–H groups in total. The lowest BCUT2D eigenvalue weighted by atomic mass is 9.85. The second-order valence-corrected chi connectivity index (χ2v) is 6.48. The van der Waals surface area contributed by atoms with E-state index >= 15 is 0 Å². The summed E-state index contributed by atoms with van der Waals surface area (Å²) >= 11 is 9.06. The number of hydrogen-bond acceptors (Lipinski definition) is 1. The van der Waals surface area contributed by atoms with E-state index in [2.05, 4.69) is 21.2 Å². The van der Waals surface area contributed by atoms with Gasteiger partial charge in [-0.25, -0.2) is 0 Å². The maximum absolute atomic E-state index is 12.6. The van der Waals surface area contributed by atoms with Gasteiger partial charge in [-0.05, 0) is 59.8 Å². The van der Waals surface area contributed by atoms with Crippen LogP contribution in [0.15, 0.2) is 22.7 Å². The maximum atomic E-state index is 12.6. The van der Waals surface area contributed by atoms with Crippen LogP contribution in [0.2, 0.25) is 5.02 Å². The predicted octanol–water partition coefficient (Wildman–Crippen LogP) is 4.95. The van der Waals surface area contributed by atoms with Gasteiger partial charge in [0.25, 0.3) is 5.91 Å². The van der Waals surface area contributed by atoms with Crippen LogP contribution < -0.4 is 5.32 Å². The summed E-state index contributed by atoms with van der Waals surface area (Å²) in [6.45, 7) is 0. The Kier molecular flexibility index (Phi) is 5.20. The van der Waals surface area contributed by atoms with E-state index < -0.39 is 12.1 Å². The van der Waals surface area contributed by atoms with E-state index in [1.807, 2.05) is 0 Å². The normalized spacial score (nSPS) is 22.9. The Labute approximate surface area is 134 Å². The van der Waals surface area contributed by atoms with Crippen LogP contribution in [0.1, 0.15) is 36.0 Å². The van der Waals surface area contributed by atoms with Crippen molar-refractivity contribution in [3.05, 3.63) is 33.3 Å². The van der Waals surface area contributed by atoms with Crippen LogP contribution in [0.4, 0.5) is 13.2 Å². The number of nitrogens with one attached hydrogen (secondary N) is 1. The summed E-state index contributed by atoms with van der Waals surface area (Å²) in [7, 11) is 0. The van der Waals surface area contributed by atoms with Gasteiger partial charge in [0.2, 0.25) is 0 Å². The number of hydrogen-bond donors (Lipinski definition) is 1. The minimum atomic E-state index is -4.13. The third-order valence-electron chi connectivity index (χ3n) is 3.70. The van der Waals surface area contributed by atoms with E-state index in [0.29, 0.717) is 27.9 Å². The highest BCUT2D eigenvalue weighted by Gasteiger charge is 2.41. The van der Waals surface area contributed by atoms with Crippen molar-refractivity contribution < 1.29 is 18.0 Å². The topological polar surface area (TPSA) is 29.1 Å². The van der Waals surface area contributed by atoms with Crippen LogP contribution in [0, 0.1) is 5.92 Å². The molecule has 1 amide bonds. The third kappa shape index (κ3) is 4.36. The van der Waals surface area contributed by atoms with Crippen molar-refractivity contribution in [3.8, 4) is 0 Å². The van der Waals surface area contributed by atoms with Crippen molar-refractivity contribution in [2.75, 3.05) is 0 Å². The summed E-state index contributed by atoms with van der Waals surface area (Å²) in [6.07, 6.45) is -3.30. The van der Waals surface area contributed by atoms with Gasteiger partial charge in [0.05, 0.1) is 11.5 Å². The van der Waals surface area contributed by atoms with Gasteiger partial charge in [-0.1, -0.05) is 11.6 Å². The maximum Gasteiger partial charge on any atom is 0.391 e. The fourth-order valence-electron chi connectivity index (χ4n) is 2.50. The van der Waals surface area contributed by atoms with Crippen LogP contribution in [0.5, 0.6) is 0 Å². The molecule has 1 aliphatic rings. The summed E-state index contributed by atoms with van der Waals surface area (Å²) in [4.78, 5) is 12.1. The van der Waals surface area contributed by atoms with Crippen LogP contribution in [0.25, 0.3) is 0 Å². The van der Waals surface area contributed by atoms with Gasteiger partial charge in [-0.3, -0.25) is 4.79 Å². The van der Waals surface area contributed by atoms with Gasteiger partial charge in [0, 0.05) is 15.5 Å². The minimum Gasteiger partial charge on any atom is -0.349 e. The minimum absolute atomic E-state index is 0.0657. The van der Waals surface area contributed by atoms with Crippen molar-refractivity contribution in [1.29, 1.82) is 0 Å². The average molecular weight is 385 g/mol. The first-order valence-corrected chi connectivity index (χ1v) is 7.77. The van der Waals surface area contributed by atoms with Crippen molar-refractivity contribution >= 4 is 33.4 Å².